The SMILES string of the molecule is CC(C)NC(=O)c1c2c(nc3ccccc13)CCC2. The lowest BCUT2D eigenvalue weighted by Gasteiger charge is -2.14. The number of hydrogen-bond donors (Lipinski definition) is 1. The molecule has 19 heavy (non-hydrogen) atoms. The van der Waals surface area contributed by atoms with Crippen LogP contribution >= 0.6 is 0 Å². The van der Waals surface area contributed by atoms with Gasteiger partial charge in [-0.3, -0.25) is 9.78 Å². The number of nitrogens with zero attached hydrogens (tertiary/aromatic N) is 1. The van der Waals surface area contributed by atoms with Gasteiger partial charge in [-0.2, -0.15) is 0 Å². The van der Waals surface area contributed by atoms with Crippen molar-refractivity contribution in [2.45, 2.75) is 39.2 Å². The van der Waals surface area contributed by atoms with Gasteiger partial charge in [-0.25, -0.2) is 0 Å². The maximum atomic E-state index is 12.5. The number of aryl methyl sites for hydroxylation is 1. The van der Waals surface area contributed by atoms with Crippen molar-refractivity contribution in [3.63, 3.8) is 0 Å². The highest BCUT2D eigenvalue weighted by atomic mass is 16.1. The Morgan fingerprint density at radius 2 is 2.05 bits per heavy atom. The molecule has 1 aliphatic carbocycles. The summed E-state index contributed by atoms with van der Waals surface area (Å²) in [6, 6.07) is 8.07. The van der Waals surface area contributed by atoms with Crippen molar-refractivity contribution < 1.29 is 4.79 Å². The van der Waals surface area contributed by atoms with Crippen molar-refractivity contribution in [2.75, 3.05) is 0 Å². The van der Waals surface area contributed by atoms with Gasteiger partial charge in [-0.15, -0.1) is 0 Å². The van der Waals surface area contributed by atoms with Crippen LogP contribution in [-0.4, -0.2) is 16.9 Å². The molecule has 0 fully saturated rings. The first-order valence-corrected chi connectivity index (χ1v) is 6.88. The highest BCUT2D eigenvalue weighted by Crippen LogP contribution is 2.29. The topological polar surface area (TPSA) is 42.0 Å². The van der Waals surface area contributed by atoms with Crippen molar-refractivity contribution >= 4 is 16.8 Å². The second-order valence-corrected chi connectivity index (χ2v) is 5.41. The Morgan fingerprint density at radius 3 is 2.84 bits per heavy atom. The standard InChI is InChI=1S/C16H18N2O/c1-10(2)17-16(19)15-11-6-3-4-8-13(11)18-14-9-5-7-12(14)15/h3-4,6,8,10H,5,7,9H2,1-2H3,(H,17,19). The lowest BCUT2D eigenvalue weighted by atomic mass is 10.0. The van der Waals surface area contributed by atoms with E-state index < -0.39 is 0 Å². The number of nitrogens with one attached hydrogen (secondary N) is 1. The fourth-order valence-corrected chi connectivity index (χ4v) is 2.80. The fourth-order valence-electron chi connectivity index (χ4n) is 2.80. The Bertz CT molecular complexity index is 646. The molecule has 0 saturated carbocycles. The largest absolute Gasteiger partial charge is 0.350 e. The monoisotopic (exact) mass is 254 g/mol. The molecule has 0 unspecified atom stereocenters. The Hall–Kier alpha value is -1.90. The van der Waals surface area contributed by atoms with Crippen LogP contribution in [0.3, 0.4) is 0 Å². The van der Waals surface area contributed by atoms with E-state index >= 15 is 0 Å². The average molecular weight is 254 g/mol. The van der Waals surface area contributed by atoms with Gasteiger partial charge in [0.1, 0.15) is 0 Å². The smallest absolute Gasteiger partial charge is 0.252 e. The highest BCUT2D eigenvalue weighted by molar-refractivity contribution is 6.07. The number of carbonyl (C=O) groups excluding carboxylic acids is 1. The Kier molecular flexibility index (Phi) is 2.97. The zero-order valence-electron chi connectivity index (χ0n) is 11.4. The van der Waals surface area contributed by atoms with Crippen LogP contribution in [0.5, 0.6) is 0 Å². The van der Waals surface area contributed by atoms with Crippen LogP contribution in [0.4, 0.5) is 0 Å². The summed E-state index contributed by atoms with van der Waals surface area (Å²) in [5, 5.41) is 3.99. The first-order chi connectivity index (χ1) is 9.16. The minimum atomic E-state index is 0.0340. The van der Waals surface area contributed by atoms with Gasteiger partial charge in [0, 0.05) is 17.1 Å². The summed E-state index contributed by atoms with van der Waals surface area (Å²) < 4.78 is 0. The van der Waals surface area contributed by atoms with Crippen LogP contribution in [0.1, 0.15) is 41.9 Å². The molecule has 1 aromatic carbocycles. The predicted molar refractivity (Wildman–Crippen MR) is 76.4 cm³/mol. The molecular weight excluding hydrogens is 236 g/mol. The Labute approximate surface area is 113 Å². The molecular formula is C16H18N2O. The third-order valence-corrected chi connectivity index (χ3v) is 3.57. The molecule has 0 saturated heterocycles. The Morgan fingerprint density at radius 1 is 1.26 bits per heavy atom. The molecule has 1 heterocycles. The molecule has 3 heteroatoms. The van der Waals surface area contributed by atoms with Crippen molar-refractivity contribution in [2.24, 2.45) is 0 Å². The van der Waals surface area contributed by atoms with Gasteiger partial charge >= 0.3 is 0 Å². The maximum Gasteiger partial charge on any atom is 0.252 e. The minimum Gasteiger partial charge on any atom is -0.350 e. The van der Waals surface area contributed by atoms with E-state index in [1.165, 1.54) is 0 Å². The molecule has 1 aromatic heterocycles. The van der Waals surface area contributed by atoms with E-state index in [9.17, 15) is 4.79 Å². The lowest BCUT2D eigenvalue weighted by molar-refractivity contribution is 0.0944. The molecule has 0 bridgehead atoms. The summed E-state index contributed by atoms with van der Waals surface area (Å²) in [5.41, 5.74) is 4.02. The van der Waals surface area contributed by atoms with Gasteiger partial charge in [-0.05, 0) is 44.7 Å². The number of carbonyl (C=O) groups is 1. The summed E-state index contributed by atoms with van der Waals surface area (Å²) in [4.78, 5) is 17.2. The number of pyridine rings is 1. The Balaban J connectivity index is 2.23. The number of rotatable bonds is 2. The first kappa shape index (κ1) is 12.2. The summed E-state index contributed by atoms with van der Waals surface area (Å²) in [7, 11) is 0. The average Bonchev–Trinajstić information content (AvgIpc) is 2.82. The van der Waals surface area contributed by atoms with Gasteiger partial charge in [0.05, 0.1) is 11.1 Å². The van der Waals surface area contributed by atoms with Crippen LogP contribution in [0.2, 0.25) is 0 Å². The van der Waals surface area contributed by atoms with Gasteiger partial charge < -0.3 is 5.32 Å². The van der Waals surface area contributed by atoms with Crippen molar-refractivity contribution in [1.29, 1.82) is 0 Å². The van der Waals surface area contributed by atoms with Crippen LogP contribution < -0.4 is 5.32 Å². The molecule has 2 aromatic rings. The number of para-hydroxylation sites is 1. The van der Waals surface area contributed by atoms with E-state index in [1.54, 1.807) is 0 Å². The van der Waals surface area contributed by atoms with Crippen LogP contribution in [-0.2, 0) is 12.8 Å². The molecule has 0 radical (unpaired) electrons. The quantitative estimate of drug-likeness (QED) is 0.895. The molecule has 1 N–H and O–H groups in total. The van der Waals surface area contributed by atoms with E-state index in [0.717, 1.165) is 47.0 Å². The molecule has 98 valence electrons. The molecule has 3 rings (SSSR count). The highest BCUT2D eigenvalue weighted by Gasteiger charge is 2.23. The number of aromatic nitrogens is 1. The first-order valence-electron chi connectivity index (χ1n) is 6.88. The van der Waals surface area contributed by atoms with E-state index in [-0.39, 0.29) is 11.9 Å². The third-order valence-electron chi connectivity index (χ3n) is 3.57. The maximum absolute atomic E-state index is 12.5. The molecule has 0 aliphatic heterocycles. The summed E-state index contributed by atoms with van der Waals surface area (Å²) in [6.45, 7) is 3.98. The molecule has 1 aliphatic rings. The van der Waals surface area contributed by atoms with E-state index in [4.69, 9.17) is 4.98 Å². The third kappa shape index (κ3) is 2.09. The van der Waals surface area contributed by atoms with Crippen LogP contribution in [0.25, 0.3) is 10.9 Å². The van der Waals surface area contributed by atoms with Gasteiger partial charge in [-0.1, -0.05) is 18.2 Å². The van der Waals surface area contributed by atoms with Gasteiger partial charge in [0.2, 0.25) is 0 Å². The summed E-state index contributed by atoms with van der Waals surface area (Å²) in [5.74, 6) is 0.0340. The van der Waals surface area contributed by atoms with Crippen LogP contribution in [0, 0.1) is 0 Å². The van der Waals surface area contributed by atoms with Crippen LogP contribution in [0.15, 0.2) is 24.3 Å². The van der Waals surface area contributed by atoms with Gasteiger partial charge in [0.15, 0.2) is 0 Å². The number of fused-ring (bicyclic) bond motifs is 2. The fraction of sp³-hybridized carbons (Fsp3) is 0.375. The van der Waals surface area contributed by atoms with E-state index in [2.05, 4.69) is 5.32 Å². The zero-order chi connectivity index (χ0) is 13.4. The molecule has 1 amide bonds. The zero-order valence-corrected chi connectivity index (χ0v) is 11.4. The molecule has 3 nitrogen and oxygen atoms in total. The number of benzene rings is 1. The molecule has 0 atom stereocenters. The number of hydrogen-bond acceptors (Lipinski definition) is 2. The lowest BCUT2D eigenvalue weighted by Crippen LogP contribution is -2.31. The van der Waals surface area contributed by atoms with Crippen molar-refractivity contribution in [3.05, 3.63) is 41.1 Å². The summed E-state index contributed by atoms with van der Waals surface area (Å²) >= 11 is 0. The second-order valence-electron chi connectivity index (χ2n) is 5.41. The second kappa shape index (κ2) is 4.65. The number of amides is 1. The minimum absolute atomic E-state index is 0.0340. The summed E-state index contributed by atoms with van der Waals surface area (Å²) in [6.07, 6.45) is 3.05. The molecule has 0 spiro atoms. The predicted octanol–water partition coefficient (Wildman–Crippen LogP) is 2.86. The van der Waals surface area contributed by atoms with Gasteiger partial charge in [0.25, 0.3) is 5.91 Å². The van der Waals surface area contributed by atoms with Crippen molar-refractivity contribution in [3.8, 4) is 0 Å². The van der Waals surface area contributed by atoms with E-state index in [1.807, 2.05) is 38.1 Å². The van der Waals surface area contributed by atoms with E-state index in [0.29, 0.717) is 0 Å². The normalized spacial score (nSPS) is 13.8. The van der Waals surface area contributed by atoms with Crippen molar-refractivity contribution in [1.82, 2.24) is 10.3 Å².